The van der Waals surface area contributed by atoms with Gasteiger partial charge in [-0.15, -0.1) is 0 Å². The molecule has 10 heavy (non-hydrogen) atoms. The molecule has 0 aliphatic rings. The Morgan fingerprint density at radius 3 is 2.80 bits per heavy atom. The molecule has 1 atom stereocenters. The van der Waals surface area contributed by atoms with Crippen molar-refractivity contribution in [2.45, 2.75) is 25.9 Å². The van der Waals surface area contributed by atoms with Gasteiger partial charge < -0.3 is 10.2 Å². The van der Waals surface area contributed by atoms with Gasteiger partial charge >= 0.3 is 0 Å². The second-order valence-electron chi connectivity index (χ2n) is 1.85. The molecule has 0 rings (SSSR count). The zero-order chi connectivity index (χ0) is 7.98. The predicted octanol–water partition coefficient (Wildman–Crippen LogP) is 1.32. The Morgan fingerprint density at radius 2 is 2.40 bits per heavy atom. The van der Waals surface area contributed by atoms with Crippen LogP contribution in [0.15, 0.2) is 5.11 Å². The smallest absolute Gasteiger partial charge is 0.206 e. The second kappa shape index (κ2) is 5.05. The summed E-state index contributed by atoms with van der Waals surface area (Å²) in [4.78, 5) is 2.32. The first-order chi connectivity index (χ1) is 4.72. The highest BCUT2D eigenvalue weighted by Crippen LogP contribution is 2.09. The van der Waals surface area contributed by atoms with E-state index in [0.29, 0.717) is 6.42 Å². The van der Waals surface area contributed by atoms with E-state index in [0.717, 1.165) is 6.42 Å². The number of aliphatic hydroxyl groups is 2. The van der Waals surface area contributed by atoms with Gasteiger partial charge in [-0.05, 0) is 12.0 Å². The summed E-state index contributed by atoms with van der Waals surface area (Å²) >= 11 is 0. The van der Waals surface area contributed by atoms with E-state index in [1.165, 1.54) is 0 Å². The first-order valence-electron chi connectivity index (χ1n) is 3.01. The molecule has 0 aromatic rings. The lowest BCUT2D eigenvalue weighted by molar-refractivity contribution is 0.0914. The highest BCUT2D eigenvalue weighted by Gasteiger charge is 2.13. The standard InChI is InChI=1S/C5H10N3O2/c1-2-3-4(9)5(10)7-8-6/h4,9-10H,2-3H2,1H3. The molecule has 0 heterocycles. The summed E-state index contributed by atoms with van der Waals surface area (Å²) in [6.45, 7) is 1.85. The van der Waals surface area contributed by atoms with Gasteiger partial charge in [0.15, 0.2) is 0 Å². The van der Waals surface area contributed by atoms with E-state index in [1.54, 1.807) is 0 Å². The van der Waals surface area contributed by atoms with Gasteiger partial charge in [0.25, 0.3) is 0 Å². The monoisotopic (exact) mass is 144 g/mol. The van der Waals surface area contributed by atoms with Gasteiger partial charge in [0.1, 0.15) is 0 Å². The molecule has 2 N–H and O–H groups in total. The molecular weight excluding hydrogens is 134 g/mol. The van der Waals surface area contributed by atoms with Crippen molar-refractivity contribution in [1.29, 1.82) is 0 Å². The maximum absolute atomic E-state index is 8.90. The van der Waals surface area contributed by atoms with Crippen LogP contribution in [0.2, 0.25) is 0 Å². The molecule has 0 amide bonds. The first kappa shape index (κ1) is 9.23. The fraction of sp³-hybridized carbons (Fsp3) is 0.800. The van der Waals surface area contributed by atoms with Crippen molar-refractivity contribution in [1.82, 2.24) is 0 Å². The van der Waals surface area contributed by atoms with Crippen LogP contribution in [-0.2, 0) is 0 Å². The van der Waals surface area contributed by atoms with Crippen LogP contribution < -0.4 is 0 Å². The SMILES string of the molecule is CCCC(O)[C](O)N=[N+]=[N-]. The maximum Gasteiger partial charge on any atom is 0.206 e. The summed E-state index contributed by atoms with van der Waals surface area (Å²) in [6, 6.07) is 0. The maximum atomic E-state index is 8.90. The minimum atomic E-state index is -1.01. The number of rotatable bonds is 4. The molecule has 0 aliphatic heterocycles. The van der Waals surface area contributed by atoms with E-state index >= 15 is 0 Å². The van der Waals surface area contributed by atoms with Crippen molar-refractivity contribution in [3.8, 4) is 0 Å². The third-order valence-electron chi connectivity index (χ3n) is 1.01. The Bertz CT molecular complexity index is 133. The third kappa shape index (κ3) is 3.29. The lowest BCUT2D eigenvalue weighted by Gasteiger charge is -2.08. The van der Waals surface area contributed by atoms with E-state index in [-0.39, 0.29) is 0 Å². The summed E-state index contributed by atoms with van der Waals surface area (Å²) in [7, 11) is 0. The molecular formula is C5H10N3O2. The van der Waals surface area contributed by atoms with E-state index in [2.05, 4.69) is 10.0 Å². The molecule has 0 saturated carbocycles. The Balaban J connectivity index is 3.69. The van der Waals surface area contributed by atoms with Gasteiger partial charge in [-0.2, -0.15) is 0 Å². The summed E-state index contributed by atoms with van der Waals surface area (Å²) in [5, 5.41) is 20.4. The molecule has 5 nitrogen and oxygen atoms in total. The summed E-state index contributed by atoms with van der Waals surface area (Å²) in [5.74, 6) is 0. The van der Waals surface area contributed by atoms with Crippen molar-refractivity contribution >= 4 is 0 Å². The van der Waals surface area contributed by atoms with Crippen LogP contribution in [0.1, 0.15) is 19.8 Å². The highest BCUT2D eigenvalue weighted by molar-refractivity contribution is 4.81. The minimum Gasteiger partial charge on any atom is -0.390 e. The number of hydrogen-bond donors (Lipinski definition) is 2. The Morgan fingerprint density at radius 1 is 1.80 bits per heavy atom. The normalized spacial score (nSPS) is 12.8. The summed E-state index contributed by atoms with van der Waals surface area (Å²) in [5.41, 5.74) is 7.82. The Labute approximate surface area is 58.9 Å². The van der Waals surface area contributed by atoms with Crippen LogP contribution in [0, 0.1) is 6.23 Å². The number of nitrogens with zero attached hydrogens (tertiary/aromatic N) is 3. The molecule has 0 spiro atoms. The largest absolute Gasteiger partial charge is 0.390 e. The highest BCUT2D eigenvalue weighted by atomic mass is 16.3. The van der Waals surface area contributed by atoms with E-state index in [4.69, 9.17) is 15.7 Å². The molecule has 0 aromatic carbocycles. The summed E-state index contributed by atoms with van der Waals surface area (Å²) < 4.78 is 0. The van der Waals surface area contributed by atoms with E-state index in [1.807, 2.05) is 6.92 Å². The average Bonchev–Trinajstić information content (AvgIpc) is 1.89. The Hall–Kier alpha value is -0.770. The molecule has 57 valence electrons. The zero-order valence-electron chi connectivity index (χ0n) is 5.73. The van der Waals surface area contributed by atoms with Gasteiger partial charge in [-0.25, -0.2) is 0 Å². The van der Waals surface area contributed by atoms with Gasteiger partial charge in [-0.3, -0.25) is 0 Å². The van der Waals surface area contributed by atoms with Crippen molar-refractivity contribution in [2.75, 3.05) is 0 Å². The fourth-order valence-corrected chi connectivity index (χ4v) is 0.515. The lowest BCUT2D eigenvalue weighted by Crippen LogP contribution is -2.14. The Kier molecular flexibility index (Phi) is 4.66. The lowest BCUT2D eigenvalue weighted by atomic mass is 10.2. The zero-order valence-corrected chi connectivity index (χ0v) is 5.73. The van der Waals surface area contributed by atoms with Crippen LogP contribution in [0.4, 0.5) is 0 Å². The van der Waals surface area contributed by atoms with E-state index < -0.39 is 12.3 Å². The van der Waals surface area contributed by atoms with Gasteiger partial charge in [0, 0.05) is 4.91 Å². The van der Waals surface area contributed by atoms with Crippen LogP contribution in [-0.4, -0.2) is 16.3 Å². The van der Waals surface area contributed by atoms with Crippen LogP contribution in [0.25, 0.3) is 10.4 Å². The van der Waals surface area contributed by atoms with E-state index in [9.17, 15) is 0 Å². The molecule has 1 radical (unpaired) electrons. The molecule has 0 aromatic heterocycles. The van der Waals surface area contributed by atoms with Crippen molar-refractivity contribution in [2.24, 2.45) is 5.11 Å². The summed E-state index contributed by atoms with van der Waals surface area (Å²) in [6.07, 6.45) is -0.429. The topological polar surface area (TPSA) is 89.2 Å². The number of azide groups is 1. The molecule has 1 unspecified atom stereocenters. The number of aliphatic hydroxyl groups excluding tert-OH is 2. The second-order valence-corrected chi connectivity index (χ2v) is 1.85. The minimum absolute atomic E-state index is 0.408. The van der Waals surface area contributed by atoms with Crippen molar-refractivity contribution < 1.29 is 10.2 Å². The van der Waals surface area contributed by atoms with Gasteiger partial charge in [0.05, 0.1) is 6.10 Å². The molecule has 0 saturated heterocycles. The molecule has 0 bridgehead atoms. The quantitative estimate of drug-likeness (QED) is 0.354. The first-order valence-corrected chi connectivity index (χ1v) is 3.01. The van der Waals surface area contributed by atoms with Crippen molar-refractivity contribution in [3.63, 3.8) is 0 Å². The predicted molar refractivity (Wildman–Crippen MR) is 35.2 cm³/mol. The van der Waals surface area contributed by atoms with Crippen LogP contribution in [0.5, 0.6) is 0 Å². The molecule has 5 heteroatoms. The third-order valence-corrected chi connectivity index (χ3v) is 1.01. The average molecular weight is 144 g/mol. The number of hydrogen-bond acceptors (Lipinski definition) is 3. The van der Waals surface area contributed by atoms with Gasteiger partial charge in [-0.1, -0.05) is 18.5 Å². The molecule has 0 fully saturated rings. The van der Waals surface area contributed by atoms with Crippen LogP contribution in [0.3, 0.4) is 0 Å². The van der Waals surface area contributed by atoms with Gasteiger partial charge in [0.2, 0.25) is 6.23 Å². The van der Waals surface area contributed by atoms with Crippen LogP contribution >= 0.6 is 0 Å². The molecule has 0 aliphatic carbocycles. The fourth-order valence-electron chi connectivity index (χ4n) is 0.515. The van der Waals surface area contributed by atoms with Crippen molar-refractivity contribution in [3.05, 3.63) is 16.7 Å².